The molecule has 2 saturated heterocycles. The molecule has 0 aliphatic carbocycles. The average molecular weight is 719 g/mol. The maximum atomic E-state index is 14.5. The van der Waals surface area contributed by atoms with Gasteiger partial charge in [0.15, 0.2) is 12.5 Å². The fraction of sp³-hybridized carbons (Fsp3) is 0.412. The SMILES string of the molecule is [N-]=[N+]=N[C@H]1[C@@H](OCCN2C(=O)c3c(c4c5ccccc5n([C@@H]5O[C@H](CO)[C@@H](O)[C@H](O)[C@H]5O)c4c4[nH]c5ccccc5c34)C2=O)O[C@H](CO)[C@@H](O)[C@@H]1O. The number of carbonyl (C=O) groups is 2. The van der Waals surface area contributed by atoms with E-state index >= 15 is 0 Å². The van der Waals surface area contributed by atoms with E-state index < -0.39 is 86.3 Å². The van der Waals surface area contributed by atoms with Crippen molar-refractivity contribution < 1.29 is 59.5 Å². The molecule has 5 heterocycles. The van der Waals surface area contributed by atoms with E-state index in [1.165, 1.54) is 0 Å². The molecule has 52 heavy (non-hydrogen) atoms. The first-order chi connectivity index (χ1) is 25.1. The van der Waals surface area contributed by atoms with Crippen molar-refractivity contribution in [3.8, 4) is 0 Å². The van der Waals surface area contributed by atoms with Gasteiger partial charge in [0.05, 0.1) is 60.1 Å². The predicted octanol–water partition coefficient (Wildman–Crippen LogP) is 0.132. The van der Waals surface area contributed by atoms with E-state index in [0.717, 1.165) is 4.90 Å². The van der Waals surface area contributed by atoms with E-state index in [1.54, 1.807) is 53.1 Å². The summed E-state index contributed by atoms with van der Waals surface area (Å²) in [6.45, 7) is -1.99. The Hall–Kier alpha value is -4.69. The van der Waals surface area contributed by atoms with Gasteiger partial charge in [0.2, 0.25) is 0 Å². The largest absolute Gasteiger partial charge is 0.394 e. The highest BCUT2D eigenvalue weighted by Crippen LogP contribution is 2.47. The molecule has 8 rings (SSSR count). The normalized spacial score (nSPS) is 30.9. The topological polar surface area (TPSA) is 276 Å². The van der Waals surface area contributed by atoms with Crippen LogP contribution in [-0.2, 0) is 14.2 Å². The Balaban J connectivity index is 1.27. The number of fused-ring (bicyclic) bond motifs is 10. The van der Waals surface area contributed by atoms with Crippen LogP contribution in [0.3, 0.4) is 0 Å². The van der Waals surface area contributed by atoms with Gasteiger partial charge in [0.1, 0.15) is 42.7 Å². The zero-order valence-electron chi connectivity index (χ0n) is 27.1. The Morgan fingerprint density at radius 2 is 1.44 bits per heavy atom. The number of aliphatic hydroxyl groups excluding tert-OH is 7. The molecule has 8 N–H and O–H groups in total. The summed E-state index contributed by atoms with van der Waals surface area (Å²) in [6, 6.07) is 12.7. The second kappa shape index (κ2) is 13.1. The molecule has 3 aliphatic rings. The van der Waals surface area contributed by atoms with Crippen molar-refractivity contribution in [1.82, 2.24) is 14.5 Å². The van der Waals surface area contributed by atoms with Crippen LogP contribution in [0.1, 0.15) is 26.9 Å². The molecule has 3 aromatic carbocycles. The fourth-order valence-electron chi connectivity index (χ4n) is 7.79. The summed E-state index contributed by atoms with van der Waals surface area (Å²) in [5.41, 5.74) is 11.1. The van der Waals surface area contributed by atoms with Crippen LogP contribution in [0.15, 0.2) is 53.6 Å². The number of H-pyrrole nitrogens is 1. The number of benzene rings is 3. The number of imide groups is 1. The second-order valence-corrected chi connectivity index (χ2v) is 13.0. The Labute approximate surface area is 292 Å². The van der Waals surface area contributed by atoms with Gasteiger partial charge in [-0.05, 0) is 17.7 Å². The molecule has 3 aliphatic heterocycles. The third-order valence-corrected chi connectivity index (χ3v) is 10.3. The van der Waals surface area contributed by atoms with E-state index in [1.807, 2.05) is 0 Å². The van der Waals surface area contributed by atoms with Crippen molar-refractivity contribution in [1.29, 1.82) is 0 Å². The summed E-state index contributed by atoms with van der Waals surface area (Å²) in [4.78, 5) is 35.9. The number of hydrogen-bond donors (Lipinski definition) is 8. The van der Waals surface area contributed by atoms with Gasteiger partial charge in [0, 0.05) is 32.0 Å². The minimum absolute atomic E-state index is 0.0663. The first-order valence-electron chi connectivity index (χ1n) is 16.6. The number of amides is 2. The lowest BCUT2D eigenvalue weighted by atomic mass is 9.96. The maximum Gasteiger partial charge on any atom is 0.262 e. The van der Waals surface area contributed by atoms with Crippen molar-refractivity contribution in [2.45, 2.75) is 61.3 Å². The average Bonchev–Trinajstić information content (AvgIpc) is 3.78. The van der Waals surface area contributed by atoms with Gasteiger partial charge >= 0.3 is 0 Å². The Bertz CT molecular complexity index is 2280. The van der Waals surface area contributed by atoms with Crippen molar-refractivity contribution in [3.63, 3.8) is 0 Å². The lowest BCUT2D eigenvalue weighted by molar-refractivity contribution is -0.265. The van der Waals surface area contributed by atoms with E-state index in [4.69, 9.17) is 19.7 Å². The lowest BCUT2D eigenvalue weighted by Gasteiger charge is -2.41. The van der Waals surface area contributed by atoms with Crippen LogP contribution in [-0.4, -0.2) is 143 Å². The molecule has 18 heteroatoms. The number of nitrogens with one attached hydrogen (secondary N) is 1. The predicted molar refractivity (Wildman–Crippen MR) is 180 cm³/mol. The number of aliphatic hydroxyl groups is 7. The van der Waals surface area contributed by atoms with E-state index in [-0.39, 0.29) is 24.3 Å². The third kappa shape index (κ3) is 4.93. The molecule has 5 aromatic rings. The monoisotopic (exact) mass is 718 g/mol. The smallest absolute Gasteiger partial charge is 0.262 e. The summed E-state index contributed by atoms with van der Waals surface area (Å²) >= 11 is 0. The highest BCUT2D eigenvalue weighted by atomic mass is 16.7. The van der Waals surface area contributed by atoms with E-state index in [2.05, 4.69) is 15.0 Å². The number of azide groups is 1. The minimum atomic E-state index is -1.69. The minimum Gasteiger partial charge on any atom is -0.394 e. The maximum absolute atomic E-state index is 14.5. The Morgan fingerprint density at radius 3 is 2.15 bits per heavy atom. The molecule has 272 valence electrons. The highest BCUT2D eigenvalue weighted by molar-refractivity contribution is 6.39. The number of carbonyl (C=O) groups excluding carboxylic acids is 2. The first kappa shape index (κ1) is 34.4. The molecule has 2 fully saturated rings. The molecule has 2 amide bonds. The van der Waals surface area contributed by atoms with Gasteiger partial charge in [-0.25, -0.2) is 0 Å². The van der Waals surface area contributed by atoms with Crippen LogP contribution in [0.2, 0.25) is 0 Å². The number of hydrogen-bond acceptors (Lipinski definition) is 13. The van der Waals surface area contributed by atoms with E-state index in [0.29, 0.717) is 43.6 Å². The van der Waals surface area contributed by atoms with Gasteiger partial charge < -0.3 is 59.5 Å². The summed E-state index contributed by atoms with van der Waals surface area (Å²) in [6.07, 6.45) is -13.4. The van der Waals surface area contributed by atoms with Crippen molar-refractivity contribution in [2.75, 3.05) is 26.4 Å². The number of nitrogens with zero attached hydrogens (tertiary/aromatic N) is 5. The molecule has 0 unspecified atom stereocenters. The van der Waals surface area contributed by atoms with Crippen molar-refractivity contribution in [2.24, 2.45) is 5.11 Å². The van der Waals surface area contributed by atoms with Gasteiger partial charge in [-0.15, -0.1) is 0 Å². The molecular formula is C34H34N6O12. The molecular weight excluding hydrogens is 684 g/mol. The van der Waals surface area contributed by atoms with Gasteiger partial charge in [-0.1, -0.05) is 41.5 Å². The molecule has 10 atom stereocenters. The van der Waals surface area contributed by atoms with Gasteiger partial charge in [-0.2, -0.15) is 0 Å². The number of ether oxygens (including phenoxy) is 3. The number of rotatable bonds is 8. The van der Waals surface area contributed by atoms with E-state index in [9.17, 15) is 45.3 Å². The summed E-state index contributed by atoms with van der Waals surface area (Å²) in [7, 11) is 0. The third-order valence-electron chi connectivity index (χ3n) is 10.3. The molecule has 0 saturated carbocycles. The van der Waals surface area contributed by atoms with Crippen LogP contribution in [0, 0.1) is 0 Å². The molecule has 0 radical (unpaired) electrons. The molecule has 18 nitrogen and oxygen atoms in total. The van der Waals surface area contributed by atoms with Gasteiger partial charge in [0.25, 0.3) is 11.8 Å². The number of para-hydroxylation sites is 2. The number of aromatic nitrogens is 2. The van der Waals surface area contributed by atoms with Crippen LogP contribution in [0.4, 0.5) is 0 Å². The van der Waals surface area contributed by atoms with Crippen LogP contribution in [0.5, 0.6) is 0 Å². The lowest BCUT2D eigenvalue weighted by Crippen LogP contribution is -2.58. The van der Waals surface area contributed by atoms with Crippen molar-refractivity contribution in [3.05, 3.63) is 70.1 Å². The summed E-state index contributed by atoms with van der Waals surface area (Å²) < 4.78 is 18.9. The standard InChI is InChI=1S/C34H34N6O12/c35-38-37-24-28(45)26(43)18(12-42)52-34(24)50-10-9-39-31(48)21-19-13-5-1-3-7-15(13)36-23(19)25-20(22(21)32(39)49)14-6-2-4-8-16(14)40(25)33-30(47)29(46)27(44)17(11-41)51-33/h1-8,17-18,24,26-30,33-34,36,41-47H,9-12H2/t17-,18-,24-,26-,27-,28-,29+,30-,33-,34+/m1/s1. The quantitative estimate of drug-likeness (QED) is 0.0460. The zero-order chi connectivity index (χ0) is 36.6. The Kier molecular flexibility index (Phi) is 8.64. The fourth-order valence-corrected chi connectivity index (χ4v) is 7.79. The van der Waals surface area contributed by atoms with Crippen LogP contribution >= 0.6 is 0 Å². The zero-order valence-corrected chi connectivity index (χ0v) is 27.1. The second-order valence-electron chi connectivity index (χ2n) is 13.0. The first-order valence-corrected chi connectivity index (χ1v) is 16.6. The molecule has 0 spiro atoms. The van der Waals surface area contributed by atoms with Crippen LogP contribution < -0.4 is 0 Å². The Morgan fingerprint density at radius 1 is 0.808 bits per heavy atom. The molecule has 2 aromatic heterocycles. The van der Waals surface area contributed by atoms with Crippen LogP contribution in [0.25, 0.3) is 54.1 Å². The van der Waals surface area contributed by atoms with Gasteiger partial charge in [-0.3, -0.25) is 14.5 Å². The summed E-state index contributed by atoms with van der Waals surface area (Å²) in [5.74, 6) is -1.30. The van der Waals surface area contributed by atoms with Crippen molar-refractivity contribution >= 4 is 55.4 Å². The number of aromatic amines is 1. The molecule has 0 bridgehead atoms. The summed E-state index contributed by atoms with van der Waals surface area (Å²) in [5, 5.41) is 78.4. The highest BCUT2D eigenvalue weighted by Gasteiger charge is 2.48.